The van der Waals surface area contributed by atoms with Crippen LogP contribution < -0.4 is 9.47 Å². The van der Waals surface area contributed by atoms with Gasteiger partial charge in [0.2, 0.25) is 6.29 Å². The first kappa shape index (κ1) is 28.0. The van der Waals surface area contributed by atoms with Gasteiger partial charge in [-0.25, -0.2) is 0 Å². The topological polar surface area (TPSA) is 118 Å². The van der Waals surface area contributed by atoms with Crippen LogP contribution in [0.25, 0.3) is 0 Å². The summed E-state index contributed by atoms with van der Waals surface area (Å²) >= 11 is 0. The van der Waals surface area contributed by atoms with Crippen molar-refractivity contribution in [1.82, 2.24) is 0 Å². The van der Waals surface area contributed by atoms with Crippen LogP contribution in [0.1, 0.15) is 29.2 Å². The van der Waals surface area contributed by atoms with Crippen molar-refractivity contribution in [3.05, 3.63) is 95.1 Å². The van der Waals surface area contributed by atoms with E-state index < -0.39 is 37.3 Å². The van der Waals surface area contributed by atoms with Crippen LogP contribution >= 0.6 is 0 Å². The molecular formula is C30H36O8. The quantitative estimate of drug-likeness (QED) is 0.267. The Morgan fingerprint density at radius 2 is 1.53 bits per heavy atom. The minimum atomic E-state index is -1.53. The Bertz CT molecular complexity index is 1120. The number of hydrogen-bond acceptors (Lipinski definition) is 8. The maximum Gasteiger partial charge on any atom is 0.229 e. The van der Waals surface area contributed by atoms with E-state index in [0.717, 1.165) is 23.1 Å². The molecule has 0 aromatic heterocycles. The molecule has 8 nitrogen and oxygen atoms in total. The molecule has 1 saturated heterocycles. The van der Waals surface area contributed by atoms with Crippen LogP contribution in [-0.2, 0) is 28.9 Å². The normalized spacial score (nSPS) is 23.2. The number of rotatable bonds is 12. The molecule has 0 amide bonds. The van der Waals surface area contributed by atoms with Crippen molar-refractivity contribution in [3.8, 4) is 11.5 Å². The number of hydrogen-bond donors (Lipinski definition) is 4. The van der Waals surface area contributed by atoms with Gasteiger partial charge in [0.1, 0.15) is 42.5 Å². The summed E-state index contributed by atoms with van der Waals surface area (Å²) in [5, 5.41) is 40.3. The molecule has 4 rings (SSSR count). The first-order valence-electron chi connectivity index (χ1n) is 12.9. The van der Waals surface area contributed by atoms with E-state index in [2.05, 4.69) is 31.2 Å². The fourth-order valence-corrected chi connectivity index (χ4v) is 4.27. The Balaban J connectivity index is 1.46. The molecule has 0 radical (unpaired) electrons. The zero-order chi connectivity index (χ0) is 26.9. The van der Waals surface area contributed by atoms with Crippen LogP contribution in [0.5, 0.6) is 11.5 Å². The monoisotopic (exact) mass is 524 g/mol. The highest BCUT2D eigenvalue weighted by atomic mass is 16.7. The molecule has 8 heteroatoms. The van der Waals surface area contributed by atoms with Gasteiger partial charge in [0, 0.05) is 12.5 Å². The largest absolute Gasteiger partial charge is 0.491 e. The second-order valence-electron chi connectivity index (χ2n) is 9.32. The van der Waals surface area contributed by atoms with Gasteiger partial charge in [0.25, 0.3) is 0 Å². The van der Waals surface area contributed by atoms with Crippen molar-refractivity contribution in [2.24, 2.45) is 0 Å². The van der Waals surface area contributed by atoms with E-state index in [1.54, 1.807) is 6.07 Å². The highest BCUT2D eigenvalue weighted by Gasteiger charge is 2.44. The first-order chi connectivity index (χ1) is 18.5. The maximum absolute atomic E-state index is 10.5. The van der Waals surface area contributed by atoms with Gasteiger partial charge in [-0.3, -0.25) is 0 Å². The van der Waals surface area contributed by atoms with Crippen molar-refractivity contribution in [2.45, 2.75) is 57.1 Å². The standard InChI is InChI=1S/C30H36O8/c1-2-20-8-10-21(11-9-20)16-23-12-13-24(36-15-14-35-19-22-6-4-3-5-7-22)17-25(23)37-30-29(34)28(33)27(32)26(18-31)38-30/h3-13,17,26-34H,2,14-16,18-19H2,1H3/t26-,27-,28+,29-,30-/m1/s1. The fraction of sp³-hybridized carbons (Fsp3) is 0.400. The van der Waals surface area contributed by atoms with E-state index in [-0.39, 0.29) is 0 Å². The maximum atomic E-state index is 10.5. The molecule has 1 aliphatic heterocycles. The zero-order valence-electron chi connectivity index (χ0n) is 21.5. The summed E-state index contributed by atoms with van der Waals surface area (Å²) in [7, 11) is 0. The van der Waals surface area contributed by atoms with E-state index >= 15 is 0 Å². The molecule has 0 unspecified atom stereocenters. The van der Waals surface area contributed by atoms with Crippen molar-refractivity contribution < 1.29 is 39.4 Å². The lowest BCUT2D eigenvalue weighted by molar-refractivity contribution is -0.277. The SMILES string of the molecule is CCc1ccc(Cc2ccc(OCCOCc3ccccc3)cc2O[C@@H]2O[C@H](CO)[C@@H](O)[C@H](O)[C@H]2O)cc1. The van der Waals surface area contributed by atoms with Crippen molar-refractivity contribution >= 4 is 0 Å². The summed E-state index contributed by atoms with van der Waals surface area (Å²) in [6.07, 6.45) is -5.36. The minimum Gasteiger partial charge on any atom is -0.491 e. The van der Waals surface area contributed by atoms with Crippen LogP contribution in [0.15, 0.2) is 72.8 Å². The van der Waals surface area contributed by atoms with Gasteiger partial charge < -0.3 is 39.4 Å². The van der Waals surface area contributed by atoms with Crippen LogP contribution in [0.2, 0.25) is 0 Å². The molecule has 3 aromatic carbocycles. The molecule has 0 aliphatic carbocycles. The molecule has 0 saturated carbocycles. The Kier molecular flexibility index (Phi) is 10.1. The number of aryl methyl sites for hydroxylation is 1. The van der Waals surface area contributed by atoms with Gasteiger partial charge in [-0.2, -0.15) is 0 Å². The predicted octanol–water partition coefficient (Wildman–Crippen LogP) is 2.61. The first-order valence-corrected chi connectivity index (χ1v) is 12.9. The molecule has 0 spiro atoms. The highest BCUT2D eigenvalue weighted by Crippen LogP contribution is 2.31. The molecule has 1 aliphatic rings. The number of aliphatic hydroxyl groups is 4. The molecule has 1 heterocycles. The molecule has 5 atom stereocenters. The van der Waals surface area contributed by atoms with Crippen LogP contribution in [0.4, 0.5) is 0 Å². The lowest BCUT2D eigenvalue weighted by atomic mass is 9.99. The summed E-state index contributed by atoms with van der Waals surface area (Å²) in [4.78, 5) is 0. The third-order valence-corrected chi connectivity index (χ3v) is 6.56. The van der Waals surface area contributed by atoms with Crippen LogP contribution in [0.3, 0.4) is 0 Å². The Labute approximate surface area is 223 Å². The number of ether oxygens (including phenoxy) is 4. The summed E-state index contributed by atoms with van der Waals surface area (Å²) < 4.78 is 23.2. The molecule has 204 valence electrons. The zero-order valence-corrected chi connectivity index (χ0v) is 21.5. The predicted molar refractivity (Wildman–Crippen MR) is 141 cm³/mol. The van der Waals surface area contributed by atoms with E-state index in [0.29, 0.717) is 37.7 Å². The third-order valence-electron chi connectivity index (χ3n) is 6.56. The minimum absolute atomic E-state index is 0.324. The van der Waals surface area contributed by atoms with Crippen LogP contribution in [-0.4, -0.2) is 71.0 Å². The van der Waals surface area contributed by atoms with Gasteiger partial charge in [0.15, 0.2) is 0 Å². The fourth-order valence-electron chi connectivity index (χ4n) is 4.27. The van der Waals surface area contributed by atoms with Gasteiger partial charge in [-0.1, -0.05) is 67.6 Å². The van der Waals surface area contributed by atoms with Crippen molar-refractivity contribution in [1.29, 1.82) is 0 Å². The lowest BCUT2D eigenvalue weighted by Crippen LogP contribution is -2.60. The Hall–Kier alpha value is -2.98. The molecule has 38 heavy (non-hydrogen) atoms. The summed E-state index contributed by atoms with van der Waals surface area (Å²) in [6.45, 7) is 2.78. The second-order valence-corrected chi connectivity index (χ2v) is 9.32. The third kappa shape index (κ3) is 7.32. The van der Waals surface area contributed by atoms with E-state index in [1.165, 1.54) is 5.56 Å². The van der Waals surface area contributed by atoms with Gasteiger partial charge in [0.05, 0.1) is 19.8 Å². The van der Waals surface area contributed by atoms with Gasteiger partial charge in [-0.05, 0) is 34.7 Å². The van der Waals surface area contributed by atoms with E-state index in [4.69, 9.17) is 18.9 Å². The number of benzene rings is 3. The van der Waals surface area contributed by atoms with Gasteiger partial charge >= 0.3 is 0 Å². The lowest BCUT2D eigenvalue weighted by Gasteiger charge is -2.39. The van der Waals surface area contributed by atoms with Crippen molar-refractivity contribution in [2.75, 3.05) is 19.8 Å². The molecule has 1 fully saturated rings. The highest BCUT2D eigenvalue weighted by molar-refractivity contribution is 5.43. The average Bonchev–Trinajstić information content (AvgIpc) is 2.95. The smallest absolute Gasteiger partial charge is 0.229 e. The van der Waals surface area contributed by atoms with Crippen molar-refractivity contribution in [3.63, 3.8) is 0 Å². The van der Waals surface area contributed by atoms with Crippen LogP contribution in [0, 0.1) is 0 Å². The Morgan fingerprint density at radius 1 is 0.789 bits per heavy atom. The summed E-state index contributed by atoms with van der Waals surface area (Å²) in [5.41, 5.74) is 4.21. The molecular weight excluding hydrogens is 488 g/mol. The summed E-state index contributed by atoms with van der Waals surface area (Å²) in [6, 6.07) is 23.6. The molecule has 3 aromatic rings. The van der Waals surface area contributed by atoms with E-state index in [1.807, 2.05) is 42.5 Å². The second kappa shape index (κ2) is 13.7. The summed E-state index contributed by atoms with van der Waals surface area (Å²) in [5.74, 6) is 0.939. The van der Waals surface area contributed by atoms with Gasteiger partial charge in [-0.15, -0.1) is 0 Å². The number of aliphatic hydroxyl groups excluding tert-OH is 4. The average molecular weight is 525 g/mol. The Morgan fingerprint density at radius 3 is 2.24 bits per heavy atom. The molecule has 4 N–H and O–H groups in total. The van der Waals surface area contributed by atoms with E-state index in [9.17, 15) is 20.4 Å². The molecule has 0 bridgehead atoms.